The van der Waals surface area contributed by atoms with Gasteiger partial charge in [0.25, 0.3) is 5.56 Å². The van der Waals surface area contributed by atoms with Crippen LogP contribution < -0.4 is 11.2 Å². The number of benzene rings is 2. The predicted octanol–water partition coefficient (Wildman–Crippen LogP) is 2.20. The van der Waals surface area contributed by atoms with Crippen LogP contribution in [0.1, 0.15) is 23.4 Å². The molecule has 8 nitrogen and oxygen atoms in total. The molecule has 0 atom stereocenters. The zero-order chi connectivity index (χ0) is 23.2. The van der Waals surface area contributed by atoms with Crippen LogP contribution in [0.3, 0.4) is 0 Å². The first kappa shape index (κ1) is 22.3. The Balaban J connectivity index is 1.45. The number of aromatic amines is 2. The van der Waals surface area contributed by atoms with Gasteiger partial charge in [0, 0.05) is 33.0 Å². The first-order chi connectivity index (χ1) is 16.0. The third-order valence-corrected chi connectivity index (χ3v) is 5.76. The van der Waals surface area contributed by atoms with Crippen molar-refractivity contribution in [2.45, 2.75) is 25.7 Å². The zero-order valence-corrected chi connectivity index (χ0v) is 18.6. The molecule has 4 rings (SSSR count). The predicted molar refractivity (Wildman–Crippen MR) is 127 cm³/mol. The maximum atomic E-state index is 13.1. The molecule has 0 spiro atoms. The molecule has 2 N–H and O–H groups in total. The number of aromatic nitrogens is 4. The number of nitrogens with zero attached hydrogens (tertiary/aromatic N) is 3. The number of aryl methyl sites for hydroxylation is 2. The lowest BCUT2D eigenvalue weighted by atomic mass is 10.1. The Morgan fingerprint density at radius 3 is 2.03 bits per heavy atom. The number of carbonyl (C=O) groups is 1. The van der Waals surface area contributed by atoms with E-state index in [0.717, 1.165) is 12.8 Å². The van der Waals surface area contributed by atoms with E-state index in [4.69, 9.17) is 0 Å². The van der Waals surface area contributed by atoms with E-state index >= 15 is 0 Å². The molecule has 33 heavy (non-hydrogen) atoms. The van der Waals surface area contributed by atoms with Crippen molar-refractivity contribution in [2.24, 2.45) is 7.05 Å². The highest BCUT2D eigenvalue weighted by atomic mass is 16.2. The summed E-state index contributed by atoms with van der Waals surface area (Å²) in [6.45, 7) is 1.26. The highest BCUT2D eigenvalue weighted by molar-refractivity contribution is 5.76. The molecule has 0 bridgehead atoms. The fourth-order valence-corrected chi connectivity index (χ4v) is 3.83. The van der Waals surface area contributed by atoms with Gasteiger partial charge in [0.2, 0.25) is 5.91 Å². The second-order valence-electron chi connectivity index (χ2n) is 8.05. The third-order valence-electron chi connectivity index (χ3n) is 5.76. The van der Waals surface area contributed by atoms with Crippen molar-refractivity contribution in [3.63, 3.8) is 0 Å². The summed E-state index contributed by atoms with van der Waals surface area (Å²) < 4.78 is 1.28. The summed E-state index contributed by atoms with van der Waals surface area (Å²) in [5.74, 6) is 0.543. The zero-order valence-electron chi connectivity index (χ0n) is 18.6. The number of amides is 1. The van der Waals surface area contributed by atoms with E-state index in [1.54, 1.807) is 7.05 Å². The van der Waals surface area contributed by atoms with Gasteiger partial charge in [-0.25, -0.2) is 9.78 Å². The Bertz CT molecular complexity index is 1300. The molecule has 0 aliphatic heterocycles. The molecule has 8 heteroatoms. The highest BCUT2D eigenvalue weighted by Crippen LogP contribution is 2.10. The van der Waals surface area contributed by atoms with Gasteiger partial charge in [-0.1, -0.05) is 60.7 Å². The van der Waals surface area contributed by atoms with Crippen LogP contribution in [-0.4, -0.2) is 43.4 Å². The molecular formula is C25H27N5O3. The van der Waals surface area contributed by atoms with E-state index in [0.29, 0.717) is 25.3 Å². The number of H-pyrrole nitrogens is 2. The lowest BCUT2D eigenvalue weighted by Crippen LogP contribution is -2.35. The van der Waals surface area contributed by atoms with Crippen molar-refractivity contribution < 1.29 is 4.79 Å². The van der Waals surface area contributed by atoms with Crippen LogP contribution in [0.25, 0.3) is 11.2 Å². The number of nitrogens with one attached hydrogen (secondary N) is 2. The molecule has 0 aliphatic rings. The molecule has 0 unspecified atom stereocenters. The molecular weight excluding hydrogens is 418 g/mol. The summed E-state index contributed by atoms with van der Waals surface area (Å²) in [4.78, 5) is 48.4. The molecule has 0 radical (unpaired) electrons. The van der Waals surface area contributed by atoms with Gasteiger partial charge in [-0.05, 0) is 24.0 Å². The summed E-state index contributed by atoms with van der Waals surface area (Å²) >= 11 is 0. The molecule has 0 fully saturated rings. The quantitative estimate of drug-likeness (QED) is 0.412. The summed E-state index contributed by atoms with van der Waals surface area (Å²) in [5, 5.41) is 0. The van der Waals surface area contributed by atoms with Crippen molar-refractivity contribution in [3.8, 4) is 0 Å². The molecule has 4 aromatic rings. The van der Waals surface area contributed by atoms with Crippen LogP contribution in [0.2, 0.25) is 0 Å². The van der Waals surface area contributed by atoms with Crippen molar-refractivity contribution in [1.29, 1.82) is 0 Å². The molecule has 2 aromatic heterocycles. The first-order valence-corrected chi connectivity index (χ1v) is 11.0. The lowest BCUT2D eigenvalue weighted by Gasteiger charge is -2.23. The molecule has 2 aromatic carbocycles. The van der Waals surface area contributed by atoms with Crippen LogP contribution in [-0.2, 0) is 31.1 Å². The van der Waals surface area contributed by atoms with Gasteiger partial charge in [-0.3, -0.25) is 19.1 Å². The van der Waals surface area contributed by atoms with Crippen molar-refractivity contribution >= 4 is 17.1 Å². The Kier molecular flexibility index (Phi) is 6.83. The van der Waals surface area contributed by atoms with Crippen LogP contribution >= 0.6 is 0 Å². The lowest BCUT2D eigenvalue weighted by molar-refractivity contribution is -0.131. The fraction of sp³-hybridized carbons (Fsp3) is 0.280. The van der Waals surface area contributed by atoms with Gasteiger partial charge in [0.05, 0.1) is 0 Å². The molecule has 170 valence electrons. The summed E-state index contributed by atoms with van der Waals surface area (Å²) in [7, 11) is 1.55. The summed E-state index contributed by atoms with van der Waals surface area (Å²) in [5.41, 5.74) is 1.88. The number of carbonyl (C=O) groups excluding carboxylic acids is 1. The largest absolute Gasteiger partial charge is 0.342 e. The first-order valence-electron chi connectivity index (χ1n) is 11.0. The van der Waals surface area contributed by atoms with E-state index < -0.39 is 11.2 Å². The molecule has 0 saturated heterocycles. The molecule has 0 saturated carbocycles. The Labute approximate surface area is 190 Å². The average Bonchev–Trinajstić information content (AvgIpc) is 3.28. The summed E-state index contributed by atoms with van der Waals surface area (Å²) in [6, 6.07) is 20.2. The second-order valence-corrected chi connectivity index (χ2v) is 8.05. The van der Waals surface area contributed by atoms with Gasteiger partial charge in [-0.15, -0.1) is 0 Å². The Morgan fingerprint density at radius 1 is 0.879 bits per heavy atom. The molecule has 1 amide bonds. The minimum Gasteiger partial charge on any atom is -0.342 e. The minimum absolute atomic E-state index is 0.0325. The Hall–Kier alpha value is -3.94. The topological polar surface area (TPSA) is 104 Å². The number of imidazole rings is 1. The van der Waals surface area contributed by atoms with Crippen LogP contribution in [0.5, 0.6) is 0 Å². The normalized spacial score (nSPS) is 11.1. The van der Waals surface area contributed by atoms with E-state index in [1.807, 2.05) is 41.3 Å². The van der Waals surface area contributed by atoms with E-state index in [1.165, 1.54) is 15.7 Å². The SMILES string of the molecule is Cn1c(=O)[nH]c(=O)c2[nH]c(CCC(=O)N(CCc3ccccc3)CCc3ccccc3)nc21. The fourth-order valence-electron chi connectivity index (χ4n) is 3.83. The maximum Gasteiger partial charge on any atom is 0.329 e. The van der Waals surface area contributed by atoms with Crippen LogP contribution in [0.15, 0.2) is 70.3 Å². The van der Waals surface area contributed by atoms with Crippen LogP contribution in [0.4, 0.5) is 0 Å². The van der Waals surface area contributed by atoms with E-state index in [-0.39, 0.29) is 23.5 Å². The van der Waals surface area contributed by atoms with Crippen molar-refractivity contribution in [2.75, 3.05) is 13.1 Å². The Morgan fingerprint density at radius 2 is 1.45 bits per heavy atom. The average molecular weight is 446 g/mol. The van der Waals surface area contributed by atoms with Crippen LogP contribution in [0, 0.1) is 0 Å². The van der Waals surface area contributed by atoms with Gasteiger partial charge < -0.3 is 9.88 Å². The second kappa shape index (κ2) is 10.1. The van der Waals surface area contributed by atoms with Gasteiger partial charge in [0.15, 0.2) is 5.65 Å². The number of hydrogen-bond donors (Lipinski definition) is 2. The van der Waals surface area contributed by atoms with E-state index in [9.17, 15) is 14.4 Å². The number of hydrogen-bond acceptors (Lipinski definition) is 4. The standard InChI is InChI=1S/C25H27N5O3/c1-29-23-22(24(32)28-25(29)33)26-20(27-23)12-13-21(31)30(16-14-18-8-4-2-5-9-18)17-15-19-10-6-3-7-11-19/h2-11H,12-17H2,1H3,(H,26,27)(H,28,32,33). The summed E-state index contributed by atoms with van der Waals surface area (Å²) in [6.07, 6.45) is 2.18. The number of fused-ring (bicyclic) bond motifs is 1. The van der Waals surface area contributed by atoms with Crippen molar-refractivity contribution in [1.82, 2.24) is 24.4 Å². The smallest absolute Gasteiger partial charge is 0.329 e. The maximum absolute atomic E-state index is 13.1. The van der Waals surface area contributed by atoms with Gasteiger partial charge >= 0.3 is 5.69 Å². The van der Waals surface area contributed by atoms with Gasteiger partial charge in [-0.2, -0.15) is 0 Å². The third kappa shape index (κ3) is 5.46. The number of rotatable bonds is 9. The molecule has 2 heterocycles. The minimum atomic E-state index is -0.519. The van der Waals surface area contributed by atoms with E-state index in [2.05, 4.69) is 39.2 Å². The van der Waals surface area contributed by atoms with Crippen molar-refractivity contribution in [3.05, 3.63) is 98.5 Å². The molecule has 0 aliphatic carbocycles. The monoisotopic (exact) mass is 445 g/mol. The van der Waals surface area contributed by atoms with Gasteiger partial charge in [0.1, 0.15) is 11.3 Å². The highest BCUT2D eigenvalue weighted by Gasteiger charge is 2.16.